The fourth-order valence-electron chi connectivity index (χ4n) is 2.39. The maximum absolute atomic E-state index is 12.1. The Kier molecular flexibility index (Phi) is 6.53. The minimum Gasteiger partial charge on any atom is -0.489 e. The second kappa shape index (κ2) is 9.26. The summed E-state index contributed by atoms with van der Waals surface area (Å²) in [6.07, 6.45) is 2.99. The molecule has 3 nitrogen and oxygen atoms in total. The smallest absolute Gasteiger partial charge is 0.248 e. The summed E-state index contributed by atoms with van der Waals surface area (Å²) in [5.41, 5.74) is 2.38. The van der Waals surface area contributed by atoms with Gasteiger partial charge in [-0.05, 0) is 48.0 Å². The molecule has 0 aromatic heterocycles. The lowest BCUT2D eigenvalue weighted by atomic mass is 10.2. The van der Waals surface area contributed by atoms with Gasteiger partial charge >= 0.3 is 0 Å². The van der Waals surface area contributed by atoms with Crippen LogP contribution in [0.5, 0.6) is 5.75 Å². The van der Waals surface area contributed by atoms with Gasteiger partial charge < -0.3 is 10.1 Å². The van der Waals surface area contributed by atoms with Gasteiger partial charge in [-0.3, -0.25) is 4.79 Å². The third-order valence-electron chi connectivity index (χ3n) is 3.77. The van der Waals surface area contributed by atoms with E-state index in [-0.39, 0.29) is 5.91 Å². The van der Waals surface area contributed by atoms with Crippen LogP contribution < -0.4 is 10.1 Å². The Hall–Kier alpha value is -2.75. The molecule has 0 spiro atoms. The fraction of sp³-hybridized carbons (Fsp3) is 0.0455. The average molecular weight is 398 g/mol. The molecule has 0 bridgehead atoms. The number of hydrogen-bond donors (Lipinski definition) is 1. The second-order valence-electron chi connectivity index (χ2n) is 5.76. The van der Waals surface area contributed by atoms with Crippen molar-refractivity contribution in [2.24, 2.45) is 0 Å². The molecule has 0 saturated carbocycles. The highest BCUT2D eigenvalue weighted by Gasteiger charge is 2.03. The van der Waals surface area contributed by atoms with Crippen molar-refractivity contribution in [3.63, 3.8) is 0 Å². The summed E-state index contributed by atoms with van der Waals surface area (Å²) in [7, 11) is 0. The van der Waals surface area contributed by atoms with Crippen LogP contribution in [0.3, 0.4) is 0 Å². The Morgan fingerprint density at radius 3 is 2.22 bits per heavy atom. The summed E-state index contributed by atoms with van der Waals surface area (Å²) < 4.78 is 5.73. The van der Waals surface area contributed by atoms with Crippen LogP contribution >= 0.6 is 23.2 Å². The van der Waals surface area contributed by atoms with Gasteiger partial charge in [0.1, 0.15) is 12.4 Å². The van der Waals surface area contributed by atoms with E-state index in [4.69, 9.17) is 27.9 Å². The zero-order valence-corrected chi connectivity index (χ0v) is 15.9. The van der Waals surface area contributed by atoms with Crippen molar-refractivity contribution < 1.29 is 9.53 Å². The molecular weight excluding hydrogens is 381 g/mol. The highest BCUT2D eigenvalue weighted by atomic mass is 35.5. The van der Waals surface area contributed by atoms with Crippen LogP contribution in [0.2, 0.25) is 10.0 Å². The average Bonchev–Trinajstić information content (AvgIpc) is 2.68. The quantitative estimate of drug-likeness (QED) is 0.501. The largest absolute Gasteiger partial charge is 0.489 e. The molecule has 0 unspecified atom stereocenters. The molecule has 0 atom stereocenters. The lowest BCUT2D eigenvalue weighted by molar-refractivity contribution is -0.111. The van der Waals surface area contributed by atoms with E-state index in [0.29, 0.717) is 27.9 Å². The minimum absolute atomic E-state index is 0.274. The van der Waals surface area contributed by atoms with E-state index >= 15 is 0 Å². The Morgan fingerprint density at radius 1 is 0.889 bits per heavy atom. The van der Waals surface area contributed by atoms with Crippen molar-refractivity contribution in [2.75, 3.05) is 5.32 Å². The number of nitrogens with one attached hydrogen (secondary N) is 1. The maximum atomic E-state index is 12.1. The van der Waals surface area contributed by atoms with Crippen LogP contribution in [0.25, 0.3) is 6.08 Å². The lowest BCUT2D eigenvalue weighted by Crippen LogP contribution is -2.07. The minimum atomic E-state index is -0.274. The van der Waals surface area contributed by atoms with E-state index in [0.717, 1.165) is 11.3 Å². The molecule has 0 aliphatic carbocycles. The Bertz CT molecular complexity index is 918. The molecule has 27 heavy (non-hydrogen) atoms. The molecule has 5 heteroatoms. The molecule has 3 aromatic rings. The van der Waals surface area contributed by atoms with Crippen molar-refractivity contribution in [1.82, 2.24) is 0 Å². The molecule has 1 N–H and O–H groups in total. The summed E-state index contributed by atoms with van der Waals surface area (Å²) in [6.45, 7) is 0.494. The SMILES string of the molecule is O=C(C=Cc1c(Cl)cccc1Cl)Nc1ccc(OCc2ccccc2)cc1. The number of benzene rings is 3. The number of halogens is 2. The zero-order chi connectivity index (χ0) is 19.1. The third kappa shape index (κ3) is 5.61. The third-order valence-corrected chi connectivity index (χ3v) is 4.43. The maximum Gasteiger partial charge on any atom is 0.248 e. The van der Waals surface area contributed by atoms with Gasteiger partial charge in [0.2, 0.25) is 5.91 Å². The Labute approximate surface area is 168 Å². The first-order valence-electron chi connectivity index (χ1n) is 8.32. The number of carbonyl (C=O) groups excluding carboxylic acids is 1. The molecule has 0 aliphatic heterocycles. The van der Waals surface area contributed by atoms with E-state index in [2.05, 4.69) is 5.32 Å². The van der Waals surface area contributed by atoms with Gasteiger partial charge in [0.25, 0.3) is 0 Å². The molecule has 0 radical (unpaired) electrons. The van der Waals surface area contributed by atoms with Crippen molar-refractivity contribution in [3.05, 3.63) is 100 Å². The predicted octanol–water partition coefficient (Wildman–Crippen LogP) is 6.22. The molecule has 0 saturated heterocycles. The van der Waals surface area contributed by atoms with Crippen LogP contribution in [0.4, 0.5) is 5.69 Å². The normalized spacial score (nSPS) is 10.7. The topological polar surface area (TPSA) is 38.3 Å². The number of hydrogen-bond acceptors (Lipinski definition) is 2. The highest BCUT2D eigenvalue weighted by Crippen LogP contribution is 2.25. The number of rotatable bonds is 6. The van der Waals surface area contributed by atoms with Crippen LogP contribution in [0.15, 0.2) is 78.9 Å². The van der Waals surface area contributed by atoms with Crippen LogP contribution in [-0.2, 0) is 11.4 Å². The van der Waals surface area contributed by atoms with E-state index in [1.54, 1.807) is 36.4 Å². The van der Waals surface area contributed by atoms with Gasteiger partial charge in [0.05, 0.1) is 0 Å². The zero-order valence-electron chi connectivity index (χ0n) is 14.4. The van der Waals surface area contributed by atoms with Crippen molar-refractivity contribution >= 4 is 40.9 Å². The number of anilines is 1. The van der Waals surface area contributed by atoms with Gasteiger partial charge in [0, 0.05) is 27.4 Å². The molecule has 1 amide bonds. The standard InChI is InChI=1S/C22H17Cl2NO2/c23-20-7-4-8-21(24)19(20)13-14-22(26)25-17-9-11-18(12-10-17)27-15-16-5-2-1-3-6-16/h1-14H,15H2,(H,25,26). The Balaban J connectivity index is 1.56. The van der Waals surface area contributed by atoms with Crippen LogP contribution in [0.1, 0.15) is 11.1 Å². The van der Waals surface area contributed by atoms with E-state index in [9.17, 15) is 4.79 Å². The van der Waals surface area contributed by atoms with E-state index < -0.39 is 0 Å². The van der Waals surface area contributed by atoms with Crippen molar-refractivity contribution in [2.45, 2.75) is 6.61 Å². The van der Waals surface area contributed by atoms with Crippen molar-refractivity contribution in [1.29, 1.82) is 0 Å². The van der Waals surface area contributed by atoms with E-state index in [1.807, 2.05) is 42.5 Å². The first-order valence-corrected chi connectivity index (χ1v) is 9.07. The fourth-order valence-corrected chi connectivity index (χ4v) is 2.91. The lowest BCUT2D eigenvalue weighted by Gasteiger charge is -2.08. The van der Waals surface area contributed by atoms with Crippen molar-refractivity contribution in [3.8, 4) is 5.75 Å². The summed E-state index contributed by atoms with van der Waals surface area (Å²) in [5.74, 6) is 0.458. The van der Waals surface area contributed by atoms with Gasteiger partial charge in [-0.1, -0.05) is 59.6 Å². The number of ether oxygens (including phenoxy) is 1. The molecule has 3 rings (SSSR count). The first kappa shape index (κ1) is 19.0. The van der Waals surface area contributed by atoms with Gasteiger partial charge in [0.15, 0.2) is 0 Å². The summed E-state index contributed by atoms with van der Waals surface area (Å²) in [4.78, 5) is 12.1. The number of carbonyl (C=O) groups is 1. The summed E-state index contributed by atoms with van der Waals surface area (Å²) in [5, 5.41) is 3.77. The molecule has 0 fully saturated rings. The highest BCUT2D eigenvalue weighted by molar-refractivity contribution is 6.37. The predicted molar refractivity (Wildman–Crippen MR) is 111 cm³/mol. The molecule has 0 aliphatic rings. The van der Waals surface area contributed by atoms with Crippen LogP contribution in [0, 0.1) is 0 Å². The molecule has 136 valence electrons. The van der Waals surface area contributed by atoms with Gasteiger partial charge in [-0.2, -0.15) is 0 Å². The Morgan fingerprint density at radius 2 is 1.56 bits per heavy atom. The number of amides is 1. The van der Waals surface area contributed by atoms with Gasteiger partial charge in [-0.15, -0.1) is 0 Å². The first-order chi connectivity index (χ1) is 13.1. The molecule has 3 aromatic carbocycles. The van der Waals surface area contributed by atoms with Crippen LogP contribution in [-0.4, -0.2) is 5.91 Å². The van der Waals surface area contributed by atoms with Gasteiger partial charge in [-0.25, -0.2) is 0 Å². The summed E-state index contributed by atoms with van der Waals surface area (Å²) >= 11 is 12.2. The molecule has 0 heterocycles. The van der Waals surface area contributed by atoms with E-state index in [1.165, 1.54) is 6.08 Å². The second-order valence-corrected chi connectivity index (χ2v) is 6.57. The summed E-state index contributed by atoms with van der Waals surface area (Å²) in [6, 6.07) is 22.3. The monoisotopic (exact) mass is 397 g/mol. The molecular formula is C22H17Cl2NO2.